The van der Waals surface area contributed by atoms with Gasteiger partial charge in [0.25, 0.3) is 0 Å². The first-order chi connectivity index (χ1) is 9.92. The molecule has 0 saturated carbocycles. The van der Waals surface area contributed by atoms with Crippen LogP contribution in [0.25, 0.3) is 0 Å². The Kier molecular flexibility index (Phi) is 3.63. The SMILES string of the molecule is CC1(C)O[C@@H]2[C@@H](COC3(COS(N)(=O)=O)OC(C)(C)O[C@@H]23)O1. The molecule has 4 atom stereocenters. The van der Waals surface area contributed by atoms with Gasteiger partial charge in [-0.25, -0.2) is 5.14 Å². The van der Waals surface area contributed by atoms with E-state index in [9.17, 15) is 8.42 Å². The number of fused-ring (bicyclic) bond motifs is 3. The molecule has 3 fully saturated rings. The summed E-state index contributed by atoms with van der Waals surface area (Å²) in [5, 5.41) is 4.89. The molecule has 3 heterocycles. The molecule has 3 aliphatic heterocycles. The van der Waals surface area contributed by atoms with Gasteiger partial charge in [0.1, 0.15) is 24.9 Å². The summed E-state index contributed by atoms with van der Waals surface area (Å²) in [5.74, 6) is -3.19. The highest BCUT2D eigenvalue weighted by Crippen LogP contribution is 2.47. The van der Waals surface area contributed by atoms with Crippen molar-refractivity contribution in [3.05, 3.63) is 0 Å². The van der Waals surface area contributed by atoms with Crippen molar-refractivity contribution in [3.63, 3.8) is 0 Å². The van der Waals surface area contributed by atoms with Crippen molar-refractivity contribution < 1.29 is 36.3 Å². The third-order valence-electron chi connectivity index (χ3n) is 3.70. The molecule has 0 spiro atoms. The molecule has 0 aliphatic carbocycles. The van der Waals surface area contributed by atoms with Gasteiger partial charge in [-0.1, -0.05) is 0 Å². The molecule has 9 nitrogen and oxygen atoms in total. The van der Waals surface area contributed by atoms with Gasteiger partial charge in [0.05, 0.1) is 6.61 Å². The van der Waals surface area contributed by atoms with Crippen LogP contribution in [-0.2, 0) is 38.2 Å². The Balaban J connectivity index is 1.87. The molecular weight excluding hydrogens is 318 g/mol. The van der Waals surface area contributed by atoms with Crippen LogP contribution in [0.2, 0.25) is 0 Å². The van der Waals surface area contributed by atoms with E-state index in [1.165, 1.54) is 0 Å². The van der Waals surface area contributed by atoms with Gasteiger partial charge >= 0.3 is 10.3 Å². The predicted molar refractivity (Wildman–Crippen MR) is 71.6 cm³/mol. The van der Waals surface area contributed by atoms with E-state index in [0.717, 1.165) is 0 Å². The van der Waals surface area contributed by atoms with Gasteiger partial charge in [-0.2, -0.15) is 8.42 Å². The minimum absolute atomic E-state index is 0.165. The van der Waals surface area contributed by atoms with Crippen molar-refractivity contribution in [1.82, 2.24) is 0 Å². The Hall–Kier alpha value is -0.330. The molecule has 10 heteroatoms. The first kappa shape index (κ1) is 16.5. The van der Waals surface area contributed by atoms with Crippen LogP contribution in [0.1, 0.15) is 27.7 Å². The van der Waals surface area contributed by atoms with E-state index >= 15 is 0 Å². The van der Waals surface area contributed by atoms with Crippen molar-refractivity contribution in [1.29, 1.82) is 0 Å². The lowest BCUT2D eigenvalue weighted by Crippen LogP contribution is -2.60. The average molecular weight is 339 g/mol. The molecular formula is C12H21NO8S. The Labute approximate surface area is 129 Å². The highest BCUT2D eigenvalue weighted by molar-refractivity contribution is 7.84. The Morgan fingerprint density at radius 1 is 1.14 bits per heavy atom. The maximum absolute atomic E-state index is 11.1. The average Bonchev–Trinajstić information content (AvgIpc) is 2.78. The Morgan fingerprint density at radius 2 is 1.82 bits per heavy atom. The zero-order valence-corrected chi connectivity index (χ0v) is 13.7. The molecule has 0 radical (unpaired) electrons. The van der Waals surface area contributed by atoms with E-state index in [-0.39, 0.29) is 12.7 Å². The topological polar surface area (TPSA) is 116 Å². The monoisotopic (exact) mass is 339 g/mol. The summed E-state index contributed by atoms with van der Waals surface area (Å²) < 4.78 is 55.9. The first-order valence-electron chi connectivity index (χ1n) is 6.96. The molecule has 3 saturated heterocycles. The zero-order chi connectivity index (χ0) is 16.4. The minimum atomic E-state index is -4.14. The maximum atomic E-state index is 11.1. The summed E-state index contributed by atoms with van der Waals surface area (Å²) in [7, 11) is -4.14. The van der Waals surface area contributed by atoms with Crippen molar-refractivity contribution in [2.45, 2.75) is 63.4 Å². The smallest absolute Gasteiger partial charge is 0.333 e. The van der Waals surface area contributed by atoms with Gasteiger partial charge in [-0.3, -0.25) is 4.18 Å². The Bertz CT molecular complexity index is 561. The van der Waals surface area contributed by atoms with Crippen LogP contribution in [0, 0.1) is 0 Å². The summed E-state index contributed by atoms with van der Waals surface area (Å²) >= 11 is 0. The van der Waals surface area contributed by atoms with Crippen molar-refractivity contribution in [2.75, 3.05) is 13.2 Å². The highest BCUT2D eigenvalue weighted by Gasteiger charge is 2.65. The van der Waals surface area contributed by atoms with Crippen molar-refractivity contribution in [2.24, 2.45) is 5.14 Å². The molecule has 0 bridgehead atoms. The number of ether oxygens (including phenoxy) is 5. The second-order valence-electron chi connectivity index (χ2n) is 6.56. The minimum Gasteiger partial charge on any atom is -0.343 e. The molecule has 2 N–H and O–H groups in total. The van der Waals surface area contributed by atoms with E-state index in [1.54, 1.807) is 27.7 Å². The Morgan fingerprint density at radius 3 is 2.45 bits per heavy atom. The van der Waals surface area contributed by atoms with E-state index in [2.05, 4.69) is 0 Å². The van der Waals surface area contributed by atoms with Crippen LogP contribution in [0.3, 0.4) is 0 Å². The lowest BCUT2D eigenvalue weighted by molar-refractivity contribution is -0.290. The largest absolute Gasteiger partial charge is 0.343 e. The number of nitrogens with two attached hydrogens (primary N) is 1. The first-order valence-corrected chi connectivity index (χ1v) is 8.43. The van der Waals surface area contributed by atoms with Gasteiger partial charge in [-0.05, 0) is 27.7 Å². The number of hydrogen-bond donors (Lipinski definition) is 1. The second kappa shape index (κ2) is 4.84. The molecule has 0 aromatic carbocycles. The van der Waals surface area contributed by atoms with Gasteiger partial charge in [0, 0.05) is 0 Å². The third kappa shape index (κ3) is 3.02. The number of hydrogen-bond acceptors (Lipinski definition) is 8. The summed E-state index contributed by atoms with van der Waals surface area (Å²) in [6, 6.07) is 0. The summed E-state index contributed by atoms with van der Waals surface area (Å²) in [6.07, 6.45) is -1.50. The van der Waals surface area contributed by atoms with E-state index < -0.39 is 46.5 Å². The predicted octanol–water partition coefficient (Wildman–Crippen LogP) is -0.395. The van der Waals surface area contributed by atoms with Crippen molar-refractivity contribution in [3.8, 4) is 0 Å². The van der Waals surface area contributed by atoms with Crippen molar-refractivity contribution >= 4 is 10.3 Å². The summed E-state index contributed by atoms with van der Waals surface area (Å²) in [4.78, 5) is 0. The van der Waals surface area contributed by atoms with E-state index in [4.69, 9.17) is 33.0 Å². The van der Waals surface area contributed by atoms with E-state index in [1.807, 2.05) is 0 Å². The fraction of sp³-hybridized carbons (Fsp3) is 1.00. The lowest BCUT2D eigenvalue weighted by atomic mass is 9.98. The van der Waals surface area contributed by atoms with Gasteiger partial charge in [0.15, 0.2) is 11.6 Å². The third-order valence-corrected chi connectivity index (χ3v) is 4.15. The van der Waals surface area contributed by atoms with Gasteiger partial charge in [-0.15, -0.1) is 0 Å². The van der Waals surface area contributed by atoms with Crippen LogP contribution in [-0.4, -0.2) is 57.3 Å². The fourth-order valence-electron chi connectivity index (χ4n) is 3.11. The molecule has 1 unspecified atom stereocenters. The van der Waals surface area contributed by atoms with Crippen LogP contribution >= 0.6 is 0 Å². The van der Waals surface area contributed by atoms with Crippen LogP contribution < -0.4 is 5.14 Å². The fourth-order valence-corrected chi connectivity index (χ4v) is 3.44. The maximum Gasteiger partial charge on any atom is 0.333 e. The standard InChI is InChI=1S/C12H21NO8S/c1-10(2)18-7-5-16-12(6-17-22(13,14)15)9(8(7)19-10)20-11(3,4)21-12/h7-9H,5-6H2,1-4H3,(H2,13,14,15)/t7-,8-,9+,12?/m1/s1. The summed E-state index contributed by atoms with van der Waals surface area (Å²) in [6.45, 7) is 6.71. The van der Waals surface area contributed by atoms with Gasteiger partial charge in [0.2, 0.25) is 5.79 Å². The number of rotatable bonds is 3. The lowest BCUT2D eigenvalue weighted by Gasteiger charge is -2.40. The molecule has 0 amide bonds. The summed E-state index contributed by atoms with van der Waals surface area (Å²) in [5.41, 5.74) is 0. The molecule has 3 rings (SSSR count). The molecule has 22 heavy (non-hydrogen) atoms. The van der Waals surface area contributed by atoms with Crippen LogP contribution in [0.4, 0.5) is 0 Å². The highest BCUT2D eigenvalue weighted by atomic mass is 32.2. The van der Waals surface area contributed by atoms with Gasteiger partial charge < -0.3 is 23.7 Å². The molecule has 128 valence electrons. The van der Waals surface area contributed by atoms with Crippen LogP contribution in [0.15, 0.2) is 0 Å². The zero-order valence-electron chi connectivity index (χ0n) is 12.9. The normalized spacial score (nSPS) is 42.9. The molecule has 0 aromatic heterocycles. The van der Waals surface area contributed by atoms with Crippen LogP contribution in [0.5, 0.6) is 0 Å². The molecule has 0 aromatic rings. The molecule has 3 aliphatic rings. The second-order valence-corrected chi connectivity index (χ2v) is 7.78. The van der Waals surface area contributed by atoms with E-state index in [0.29, 0.717) is 0 Å². The quantitative estimate of drug-likeness (QED) is 0.739.